The third-order valence-corrected chi connectivity index (χ3v) is 11.9. The molecule has 196 valence electrons. The number of aromatic nitrogens is 2. The third kappa shape index (κ3) is 3.09. The summed E-state index contributed by atoms with van der Waals surface area (Å²) < 4.78 is 16.3. The van der Waals surface area contributed by atoms with Crippen LogP contribution in [0.3, 0.4) is 0 Å². The Balaban J connectivity index is 1.58. The summed E-state index contributed by atoms with van der Waals surface area (Å²) in [7, 11) is -3.37. The lowest BCUT2D eigenvalue weighted by Gasteiger charge is -2.23. The highest BCUT2D eigenvalue weighted by atomic mass is 31.2. The zero-order valence-electron chi connectivity index (χ0n) is 22.5. The van der Waals surface area contributed by atoms with Crippen LogP contribution in [0.5, 0.6) is 0 Å². The van der Waals surface area contributed by atoms with Crippen LogP contribution >= 0.6 is 7.14 Å². The summed E-state index contributed by atoms with van der Waals surface area (Å²) in [5.74, 6) is 0. The van der Waals surface area contributed by atoms with E-state index in [9.17, 15) is 0 Å². The number of pyridine rings is 2. The van der Waals surface area contributed by atoms with Crippen LogP contribution in [0.2, 0.25) is 0 Å². The molecule has 0 amide bonds. The predicted octanol–water partition coefficient (Wildman–Crippen LogP) is 8.38. The van der Waals surface area contributed by atoms with Gasteiger partial charge in [0.1, 0.15) is 0 Å². The second-order valence-corrected chi connectivity index (χ2v) is 13.6. The molecule has 1 aliphatic heterocycles. The Labute approximate surface area is 242 Å². The van der Waals surface area contributed by atoms with Gasteiger partial charge in [-0.15, -0.1) is 0 Å². The second-order valence-electron chi connectivity index (χ2n) is 10.9. The number of fused-ring (bicyclic) bond motifs is 13. The van der Waals surface area contributed by atoms with Gasteiger partial charge in [-0.05, 0) is 62.3 Å². The normalized spacial score (nSPS) is 15.8. The Morgan fingerprint density at radius 2 is 1.26 bits per heavy atom. The molecule has 0 radical (unpaired) electrons. The Morgan fingerprint density at radius 1 is 0.500 bits per heavy atom. The number of rotatable bonds is 1. The number of hydrogen-bond acceptors (Lipinski definition) is 3. The van der Waals surface area contributed by atoms with E-state index in [1.54, 1.807) is 0 Å². The summed E-state index contributed by atoms with van der Waals surface area (Å²) in [5.41, 5.74) is 5.08. The van der Waals surface area contributed by atoms with Crippen LogP contribution < -0.4 is 15.9 Å². The molecule has 1 unspecified atom stereocenters. The molecule has 2 aromatic heterocycles. The van der Waals surface area contributed by atoms with Crippen molar-refractivity contribution in [2.45, 2.75) is 0 Å². The van der Waals surface area contributed by atoms with Gasteiger partial charge in [0.15, 0.2) is 7.14 Å². The lowest BCUT2D eigenvalue weighted by atomic mass is 9.85. The fourth-order valence-electron chi connectivity index (χ4n) is 6.96. The third-order valence-electron chi connectivity index (χ3n) is 8.78. The van der Waals surface area contributed by atoms with E-state index < -0.39 is 7.14 Å². The quantitative estimate of drug-likeness (QED) is 0.151. The van der Waals surface area contributed by atoms with Gasteiger partial charge in [-0.1, -0.05) is 97.1 Å². The van der Waals surface area contributed by atoms with E-state index in [0.717, 1.165) is 81.4 Å². The Hall–Kier alpha value is -5.11. The first-order chi connectivity index (χ1) is 20.7. The molecule has 8 aromatic rings. The molecule has 0 aliphatic carbocycles. The maximum Gasteiger partial charge on any atom is 0.172 e. The molecule has 0 N–H and O–H groups in total. The van der Waals surface area contributed by atoms with Gasteiger partial charge < -0.3 is 4.57 Å². The predicted molar refractivity (Wildman–Crippen MR) is 176 cm³/mol. The smallest absolute Gasteiger partial charge is 0.172 e. The topological polar surface area (TPSA) is 42.9 Å². The molecule has 0 fully saturated rings. The summed E-state index contributed by atoms with van der Waals surface area (Å²) in [6.45, 7) is 0. The van der Waals surface area contributed by atoms with Gasteiger partial charge in [0.25, 0.3) is 0 Å². The Bertz CT molecular complexity index is 2460. The summed E-state index contributed by atoms with van der Waals surface area (Å²) in [6, 6.07) is 41.8. The van der Waals surface area contributed by atoms with Crippen LogP contribution in [-0.4, -0.2) is 9.97 Å². The number of hydrogen-bond donors (Lipinski definition) is 0. The molecule has 42 heavy (non-hydrogen) atoms. The summed E-state index contributed by atoms with van der Waals surface area (Å²) in [4.78, 5) is 9.37. The molecule has 0 saturated heterocycles. The fourth-order valence-corrected chi connectivity index (χ4v) is 10.0. The van der Waals surface area contributed by atoms with Crippen molar-refractivity contribution in [3.63, 3.8) is 0 Å². The SMILES string of the molecule is O=P1(c2ccc3ccccc3c2)c2ccccc2-c2c(c3ccncc3c3ncccc23)-c2c1ccc1ccccc21. The Kier molecular flexibility index (Phi) is 4.88. The van der Waals surface area contributed by atoms with Gasteiger partial charge in [0.05, 0.1) is 5.52 Å². The minimum absolute atomic E-state index is 0.839. The van der Waals surface area contributed by atoms with Gasteiger partial charge in [-0.3, -0.25) is 9.97 Å². The van der Waals surface area contributed by atoms with E-state index in [2.05, 4.69) is 102 Å². The zero-order valence-corrected chi connectivity index (χ0v) is 23.4. The Morgan fingerprint density at radius 3 is 2.19 bits per heavy atom. The largest absolute Gasteiger partial charge is 0.309 e. The van der Waals surface area contributed by atoms with Crippen molar-refractivity contribution in [2.75, 3.05) is 0 Å². The average molecular weight is 555 g/mol. The summed E-state index contributed by atoms with van der Waals surface area (Å²) in [5, 5.41) is 10.1. The highest BCUT2D eigenvalue weighted by Crippen LogP contribution is 2.56. The molecular formula is C38H23N2OP. The maximum atomic E-state index is 16.3. The van der Waals surface area contributed by atoms with E-state index in [1.807, 2.05) is 42.9 Å². The monoisotopic (exact) mass is 554 g/mol. The zero-order chi connectivity index (χ0) is 27.8. The van der Waals surface area contributed by atoms with E-state index in [1.165, 1.54) is 0 Å². The van der Waals surface area contributed by atoms with Crippen LogP contribution in [0.4, 0.5) is 0 Å². The first-order valence-electron chi connectivity index (χ1n) is 14.1. The molecule has 6 aromatic carbocycles. The molecule has 1 atom stereocenters. The first kappa shape index (κ1) is 23.6. The summed E-state index contributed by atoms with van der Waals surface area (Å²) >= 11 is 0. The van der Waals surface area contributed by atoms with Gasteiger partial charge in [0, 0.05) is 56.4 Å². The van der Waals surface area contributed by atoms with E-state index in [-0.39, 0.29) is 0 Å². The van der Waals surface area contributed by atoms with Crippen LogP contribution in [0, 0.1) is 0 Å². The number of nitrogens with zero attached hydrogens (tertiary/aromatic N) is 2. The van der Waals surface area contributed by atoms with Crippen LogP contribution in [0.1, 0.15) is 0 Å². The molecule has 4 heteroatoms. The first-order valence-corrected chi connectivity index (χ1v) is 15.8. The van der Waals surface area contributed by atoms with Crippen LogP contribution in [0.25, 0.3) is 65.5 Å². The fraction of sp³-hybridized carbons (Fsp3) is 0. The van der Waals surface area contributed by atoms with Crippen molar-refractivity contribution in [1.29, 1.82) is 0 Å². The van der Waals surface area contributed by atoms with Crippen molar-refractivity contribution in [1.82, 2.24) is 9.97 Å². The highest BCUT2D eigenvalue weighted by Gasteiger charge is 2.39. The summed E-state index contributed by atoms with van der Waals surface area (Å²) in [6.07, 6.45) is 5.60. The molecule has 0 saturated carbocycles. The number of benzene rings is 6. The highest BCUT2D eigenvalue weighted by molar-refractivity contribution is 7.86. The van der Waals surface area contributed by atoms with Crippen molar-refractivity contribution in [2.24, 2.45) is 0 Å². The second kappa shape index (κ2) is 8.69. The van der Waals surface area contributed by atoms with E-state index in [4.69, 9.17) is 4.98 Å². The lowest BCUT2D eigenvalue weighted by molar-refractivity contribution is 0.592. The molecular weight excluding hydrogens is 531 g/mol. The molecule has 3 heterocycles. The standard InChI is InChI=1S/C38H23N2OP/c41-42(27-17-15-24-8-1-2-10-26(24)22-27)33-14-6-5-12-30(33)35-31-13-7-20-40-38(31)32-23-39-21-19-29(32)37(35)36-28-11-4-3-9-25(28)16-18-34(36)42/h1-23H. The van der Waals surface area contributed by atoms with Crippen molar-refractivity contribution in [3.05, 3.63) is 140 Å². The molecule has 1 aliphatic rings. The van der Waals surface area contributed by atoms with Crippen molar-refractivity contribution in [3.8, 4) is 22.3 Å². The van der Waals surface area contributed by atoms with Crippen LogP contribution in [-0.2, 0) is 4.57 Å². The molecule has 0 spiro atoms. The van der Waals surface area contributed by atoms with Crippen molar-refractivity contribution < 1.29 is 4.57 Å². The minimum Gasteiger partial charge on any atom is -0.309 e. The minimum atomic E-state index is -3.37. The molecule has 9 rings (SSSR count). The van der Waals surface area contributed by atoms with Gasteiger partial charge in [-0.25, -0.2) is 0 Å². The lowest BCUT2D eigenvalue weighted by Crippen LogP contribution is -2.26. The molecule has 0 bridgehead atoms. The van der Waals surface area contributed by atoms with Gasteiger partial charge >= 0.3 is 0 Å². The van der Waals surface area contributed by atoms with Gasteiger partial charge in [-0.2, -0.15) is 0 Å². The van der Waals surface area contributed by atoms with Gasteiger partial charge in [0.2, 0.25) is 0 Å². The average Bonchev–Trinajstić information content (AvgIpc) is 3.16. The van der Waals surface area contributed by atoms with Crippen molar-refractivity contribution >= 4 is 66.3 Å². The maximum absolute atomic E-state index is 16.3. The van der Waals surface area contributed by atoms with E-state index >= 15 is 4.57 Å². The van der Waals surface area contributed by atoms with E-state index in [0.29, 0.717) is 0 Å². The molecule has 3 nitrogen and oxygen atoms in total. The van der Waals surface area contributed by atoms with Crippen LogP contribution in [0.15, 0.2) is 140 Å².